The Balaban J connectivity index is 1.53. The van der Waals surface area contributed by atoms with E-state index in [1.807, 2.05) is 18.2 Å². The number of halogens is 1. The lowest BCUT2D eigenvalue weighted by Crippen LogP contribution is -2.22. The van der Waals surface area contributed by atoms with E-state index in [-0.39, 0.29) is 11.2 Å². The monoisotopic (exact) mass is 444 g/mol. The number of hydrogen-bond donors (Lipinski definition) is 1. The molecule has 9 heteroatoms. The van der Waals surface area contributed by atoms with E-state index in [0.29, 0.717) is 11.1 Å². The lowest BCUT2D eigenvalue weighted by Gasteiger charge is -2.26. The van der Waals surface area contributed by atoms with Gasteiger partial charge in [0.1, 0.15) is 5.82 Å². The molecule has 3 aromatic rings. The van der Waals surface area contributed by atoms with E-state index in [1.54, 1.807) is 24.3 Å². The standard InChI is InChI=1S/C21H25ClN6OS/c1-14(19-23-12-17(22)13-24-19)15(2)30-27-21-26-25-20(16-6-4-3-5-7-16)28(21)18-8-10-29-11-9-18/h3-7,12-15,18H,8-11H2,1-2H3,(H,26,27)/t14?,15-/m0/s1. The molecule has 0 spiro atoms. The van der Waals surface area contributed by atoms with Crippen LogP contribution < -0.4 is 4.72 Å². The van der Waals surface area contributed by atoms with Crippen LogP contribution in [0, 0.1) is 0 Å². The number of aromatic nitrogens is 5. The summed E-state index contributed by atoms with van der Waals surface area (Å²) in [7, 11) is 0. The molecule has 2 aromatic heterocycles. The van der Waals surface area contributed by atoms with Gasteiger partial charge in [-0.15, -0.1) is 10.2 Å². The van der Waals surface area contributed by atoms with Crippen molar-refractivity contribution in [3.63, 3.8) is 0 Å². The van der Waals surface area contributed by atoms with Crippen molar-refractivity contribution in [3.8, 4) is 11.4 Å². The van der Waals surface area contributed by atoms with Crippen LogP contribution in [0.5, 0.6) is 0 Å². The van der Waals surface area contributed by atoms with E-state index in [9.17, 15) is 0 Å². The highest BCUT2D eigenvalue weighted by atomic mass is 35.5. The van der Waals surface area contributed by atoms with Gasteiger partial charge in [-0.2, -0.15) is 0 Å². The second kappa shape index (κ2) is 9.76. The Labute approximate surface area is 185 Å². The number of benzene rings is 1. The summed E-state index contributed by atoms with van der Waals surface area (Å²) < 4.78 is 11.2. The van der Waals surface area contributed by atoms with Gasteiger partial charge in [0.15, 0.2) is 5.82 Å². The van der Waals surface area contributed by atoms with Crippen LogP contribution in [0.1, 0.15) is 44.5 Å². The zero-order valence-electron chi connectivity index (χ0n) is 17.0. The minimum atomic E-state index is 0.146. The van der Waals surface area contributed by atoms with Crippen LogP contribution in [0.3, 0.4) is 0 Å². The molecule has 1 fully saturated rings. The summed E-state index contributed by atoms with van der Waals surface area (Å²) in [6, 6.07) is 10.5. The number of ether oxygens (including phenoxy) is 1. The quantitative estimate of drug-likeness (QED) is 0.514. The molecule has 3 heterocycles. The van der Waals surface area contributed by atoms with Crippen molar-refractivity contribution in [1.82, 2.24) is 24.7 Å². The molecule has 0 amide bonds. The topological polar surface area (TPSA) is 77.8 Å². The first-order valence-corrected chi connectivity index (χ1v) is 11.4. The van der Waals surface area contributed by atoms with Crippen molar-refractivity contribution in [2.75, 3.05) is 17.9 Å². The van der Waals surface area contributed by atoms with Gasteiger partial charge in [0.2, 0.25) is 5.95 Å². The summed E-state index contributed by atoms with van der Waals surface area (Å²) in [5.41, 5.74) is 1.06. The van der Waals surface area contributed by atoms with Crippen LogP contribution in [-0.4, -0.2) is 43.2 Å². The third kappa shape index (κ3) is 4.77. The number of hydrogen-bond acceptors (Lipinski definition) is 7. The molecular weight excluding hydrogens is 420 g/mol. The molecular formula is C21H25ClN6OS. The van der Waals surface area contributed by atoms with Gasteiger partial charge in [0, 0.05) is 48.4 Å². The predicted molar refractivity (Wildman–Crippen MR) is 121 cm³/mol. The zero-order chi connectivity index (χ0) is 20.9. The van der Waals surface area contributed by atoms with Gasteiger partial charge in [-0.3, -0.25) is 9.29 Å². The van der Waals surface area contributed by atoms with Gasteiger partial charge in [-0.25, -0.2) is 9.97 Å². The number of anilines is 1. The highest BCUT2D eigenvalue weighted by Crippen LogP contribution is 2.33. The SMILES string of the molecule is CC(c1ncc(Cl)cn1)[C@H](C)SNc1nnc(-c2ccccc2)n1C1CCOCC1. The molecule has 2 atom stereocenters. The van der Waals surface area contributed by atoms with Crippen molar-refractivity contribution in [2.45, 2.75) is 43.9 Å². The van der Waals surface area contributed by atoms with E-state index >= 15 is 0 Å². The number of nitrogens with zero attached hydrogens (tertiary/aromatic N) is 5. The minimum Gasteiger partial charge on any atom is -0.381 e. The highest BCUT2D eigenvalue weighted by molar-refractivity contribution is 8.01. The summed E-state index contributed by atoms with van der Waals surface area (Å²) in [6.45, 7) is 5.77. The maximum atomic E-state index is 5.91. The minimum absolute atomic E-state index is 0.146. The highest BCUT2D eigenvalue weighted by Gasteiger charge is 2.25. The molecule has 1 aliphatic rings. The van der Waals surface area contributed by atoms with Gasteiger partial charge in [0.05, 0.1) is 5.02 Å². The number of nitrogens with one attached hydrogen (secondary N) is 1. The summed E-state index contributed by atoms with van der Waals surface area (Å²) in [4.78, 5) is 8.72. The lowest BCUT2D eigenvalue weighted by atomic mass is 10.1. The molecule has 1 aliphatic heterocycles. The van der Waals surface area contributed by atoms with Crippen molar-refractivity contribution in [2.24, 2.45) is 0 Å². The van der Waals surface area contributed by atoms with E-state index in [4.69, 9.17) is 16.3 Å². The molecule has 0 bridgehead atoms. The zero-order valence-corrected chi connectivity index (χ0v) is 18.6. The normalized spacial score (nSPS) is 16.9. The van der Waals surface area contributed by atoms with Crippen LogP contribution in [0.2, 0.25) is 5.02 Å². The first-order valence-electron chi connectivity index (χ1n) is 10.1. The Hall–Kier alpha value is -2.16. The summed E-state index contributed by atoms with van der Waals surface area (Å²) in [6.07, 6.45) is 5.17. The smallest absolute Gasteiger partial charge is 0.235 e. The van der Waals surface area contributed by atoms with E-state index in [0.717, 1.165) is 49.2 Å². The van der Waals surface area contributed by atoms with Crippen LogP contribution in [0.15, 0.2) is 42.7 Å². The molecule has 30 heavy (non-hydrogen) atoms. The van der Waals surface area contributed by atoms with Crippen LogP contribution >= 0.6 is 23.5 Å². The lowest BCUT2D eigenvalue weighted by molar-refractivity contribution is 0.0704. The average molecular weight is 445 g/mol. The van der Waals surface area contributed by atoms with E-state index in [1.165, 1.54) is 0 Å². The summed E-state index contributed by atoms with van der Waals surface area (Å²) in [5, 5.41) is 9.74. The van der Waals surface area contributed by atoms with Gasteiger partial charge in [-0.05, 0) is 24.8 Å². The largest absolute Gasteiger partial charge is 0.381 e. The van der Waals surface area contributed by atoms with Gasteiger partial charge >= 0.3 is 0 Å². The Morgan fingerprint density at radius 1 is 1.10 bits per heavy atom. The molecule has 1 N–H and O–H groups in total. The van der Waals surface area contributed by atoms with Crippen LogP contribution in [0.25, 0.3) is 11.4 Å². The maximum absolute atomic E-state index is 5.91. The van der Waals surface area contributed by atoms with Crippen molar-refractivity contribution in [3.05, 3.63) is 53.6 Å². The Kier molecular flexibility index (Phi) is 6.86. The van der Waals surface area contributed by atoms with E-state index < -0.39 is 0 Å². The fourth-order valence-corrected chi connectivity index (χ4v) is 4.30. The summed E-state index contributed by atoms with van der Waals surface area (Å²) in [5.74, 6) is 2.57. The average Bonchev–Trinajstić information content (AvgIpc) is 3.22. The van der Waals surface area contributed by atoms with Gasteiger partial charge in [0.25, 0.3) is 0 Å². The molecule has 1 aromatic carbocycles. The predicted octanol–water partition coefficient (Wildman–Crippen LogP) is 4.99. The second-order valence-electron chi connectivity index (χ2n) is 7.40. The van der Waals surface area contributed by atoms with Crippen LogP contribution in [0.4, 0.5) is 5.95 Å². The van der Waals surface area contributed by atoms with Crippen molar-refractivity contribution < 1.29 is 4.74 Å². The van der Waals surface area contributed by atoms with Gasteiger partial charge < -0.3 is 4.74 Å². The Morgan fingerprint density at radius 3 is 2.50 bits per heavy atom. The maximum Gasteiger partial charge on any atom is 0.235 e. The molecule has 7 nitrogen and oxygen atoms in total. The third-order valence-electron chi connectivity index (χ3n) is 5.37. The fourth-order valence-electron chi connectivity index (χ4n) is 3.45. The Bertz CT molecular complexity index is 946. The summed E-state index contributed by atoms with van der Waals surface area (Å²) >= 11 is 7.52. The van der Waals surface area contributed by atoms with Crippen molar-refractivity contribution in [1.29, 1.82) is 0 Å². The molecule has 0 saturated carbocycles. The molecule has 4 rings (SSSR count). The van der Waals surface area contributed by atoms with E-state index in [2.05, 4.69) is 55.4 Å². The molecule has 0 radical (unpaired) electrons. The number of rotatable bonds is 7. The van der Waals surface area contributed by atoms with Gasteiger partial charge in [-0.1, -0.05) is 55.8 Å². The molecule has 1 saturated heterocycles. The first kappa shape index (κ1) is 21.1. The molecule has 158 valence electrons. The fraction of sp³-hybridized carbons (Fsp3) is 0.429. The second-order valence-corrected chi connectivity index (χ2v) is 9.02. The molecule has 0 aliphatic carbocycles. The van der Waals surface area contributed by atoms with Crippen LogP contribution in [-0.2, 0) is 4.74 Å². The Morgan fingerprint density at radius 2 is 1.80 bits per heavy atom. The van der Waals surface area contributed by atoms with Crippen molar-refractivity contribution >= 4 is 29.5 Å². The third-order valence-corrected chi connectivity index (χ3v) is 6.65. The molecule has 1 unspecified atom stereocenters. The first-order chi connectivity index (χ1) is 14.6.